The van der Waals surface area contributed by atoms with Crippen LogP contribution in [-0.4, -0.2) is 5.67 Å². The third kappa shape index (κ3) is 15.7. The van der Waals surface area contributed by atoms with Gasteiger partial charge in [0.15, 0.2) is 0 Å². The van der Waals surface area contributed by atoms with Crippen molar-refractivity contribution in [3.63, 3.8) is 0 Å². The minimum Gasteiger partial charge on any atom is -0.244 e. The van der Waals surface area contributed by atoms with Crippen molar-refractivity contribution < 1.29 is 4.39 Å². The first kappa shape index (κ1) is 30.0. The maximum Gasteiger partial charge on any atom is 0.111 e. The monoisotopic (exact) mass is 452 g/mol. The third-order valence-electron chi connectivity index (χ3n) is 7.58. The maximum absolute atomic E-state index is 13.2. The summed E-state index contributed by atoms with van der Waals surface area (Å²) in [6.07, 6.45) is 20.0. The quantitative estimate of drug-likeness (QED) is 0.343. The van der Waals surface area contributed by atoms with Crippen molar-refractivity contribution in [1.82, 2.24) is 0 Å². The number of hydrogen-bond acceptors (Lipinski definition) is 0. The van der Waals surface area contributed by atoms with Gasteiger partial charge in [-0.25, -0.2) is 4.39 Å². The largest absolute Gasteiger partial charge is 0.244 e. The van der Waals surface area contributed by atoms with Crippen LogP contribution >= 0.6 is 0 Å². The molecular weight excluding hydrogens is 391 g/mol. The lowest BCUT2D eigenvalue weighted by Gasteiger charge is -2.35. The standard InChI is InChI=1S/C8H15F.2C8H16.C7H14/c1-7(2)6-8(9)4-3-5-8;2*1-7(2)6-8-4-3-5-8;1-6(2)5-7-3-4-7/h7H,3-6H2,1-2H3;2*7-8H,3-6H2,1-2H3;6-7H,3-5H2,1-2H3. The van der Waals surface area contributed by atoms with Crippen LogP contribution in [0.2, 0.25) is 0 Å². The molecule has 0 saturated heterocycles. The molecule has 0 spiro atoms. The fourth-order valence-corrected chi connectivity index (χ4v) is 5.31. The molecule has 0 radical (unpaired) electrons. The lowest BCUT2D eigenvalue weighted by atomic mass is 9.77. The van der Waals surface area contributed by atoms with Gasteiger partial charge in [-0.1, -0.05) is 107 Å². The SMILES string of the molecule is CC(C)CC1(F)CCC1.CC(C)CC1CC1.CC(C)CC1CCC1.CC(C)CC1CCC1. The van der Waals surface area contributed by atoms with Gasteiger partial charge in [0, 0.05) is 0 Å². The Morgan fingerprint density at radius 1 is 0.531 bits per heavy atom. The first-order chi connectivity index (χ1) is 15.0. The molecule has 0 heterocycles. The van der Waals surface area contributed by atoms with Gasteiger partial charge < -0.3 is 0 Å². The Bertz CT molecular complexity index is 413. The zero-order chi connectivity index (χ0) is 24.1. The third-order valence-corrected chi connectivity index (χ3v) is 7.58. The van der Waals surface area contributed by atoms with Crippen molar-refractivity contribution in [2.45, 2.75) is 157 Å². The van der Waals surface area contributed by atoms with Crippen LogP contribution in [0, 0.1) is 41.4 Å². The van der Waals surface area contributed by atoms with Gasteiger partial charge in [-0.15, -0.1) is 0 Å². The first-order valence-electron chi connectivity index (χ1n) is 14.7. The van der Waals surface area contributed by atoms with Gasteiger partial charge in [0.1, 0.15) is 5.67 Å². The summed E-state index contributed by atoms with van der Waals surface area (Å²) in [5.74, 6) is 6.66. The van der Waals surface area contributed by atoms with E-state index in [0.717, 1.165) is 61.2 Å². The van der Waals surface area contributed by atoms with Crippen LogP contribution in [0.15, 0.2) is 0 Å². The average molecular weight is 453 g/mol. The van der Waals surface area contributed by atoms with Gasteiger partial charge in [0.05, 0.1) is 0 Å². The fourth-order valence-electron chi connectivity index (χ4n) is 5.31. The minimum absolute atomic E-state index is 0.523. The highest BCUT2D eigenvalue weighted by molar-refractivity contribution is 4.88. The zero-order valence-electron chi connectivity index (χ0n) is 23.5. The van der Waals surface area contributed by atoms with Crippen molar-refractivity contribution in [3.05, 3.63) is 0 Å². The summed E-state index contributed by atoms with van der Waals surface area (Å²) < 4.78 is 13.2. The van der Waals surface area contributed by atoms with E-state index in [1.807, 2.05) is 0 Å². The Morgan fingerprint density at radius 3 is 0.969 bits per heavy atom. The summed E-state index contributed by atoms with van der Waals surface area (Å²) in [4.78, 5) is 0. The summed E-state index contributed by atoms with van der Waals surface area (Å²) in [6.45, 7) is 18.0. The maximum atomic E-state index is 13.2. The fraction of sp³-hybridized carbons (Fsp3) is 1.00. The predicted molar refractivity (Wildman–Crippen MR) is 143 cm³/mol. The van der Waals surface area contributed by atoms with Crippen LogP contribution in [-0.2, 0) is 0 Å². The van der Waals surface area contributed by atoms with E-state index in [0.29, 0.717) is 5.92 Å². The molecule has 0 unspecified atom stereocenters. The van der Waals surface area contributed by atoms with Crippen LogP contribution < -0.4 is 0 Å². The van der Waals surface area contributed by atoms with E-state index in [1.165, 1.54) is 70.6 Å². The number of rotatable bonds is 8. The van der Waals surface area contributed by atoms with Crippen molar-refractivity contribution in [1.29, 1.82) is 0 Å². The van der Waals surface area contributed by atoms with E-state index in [2.05, 4.69) is 55.4 Å². The van der Waals surface area contributed by atoms with E-state index in [1.54, 1.807) is 0 Å². The van der Waals surface area contributed by atoms with Crippen LogP contribution in [0.3, 0.4) is 0 Å². The van der Waals surface area contributed by atoms with Gasteiger partial charge >= 0.3 is 0 Å². The molecule has 4 aliphatic rings. The molecule has 0 N–H and O–H groups in total. The minimum atomic E-state index is -0.756. The molecule has 0 aromatic rings. The molecule has 0 amide bonds. The van der Waals surface area contributed by atoms with E-state index in [9.17, 15) is 4.39 Å². The molecule has 4 aliphatic carbocycles. The topological polar surface area (TPSA) is 0 Å². The summed E-state index contributed by atoms with van der Waals surface area (Å²) in [5.41, 5.74) is -0.756. The summed E-state index contributed by atoms with van der Waals surface area (Å²) >= 11 is 0. The molecule has 0 atom stereocenters. The highest BCUT2D eigenvalue weighted by Crippen LogP contribution is 2.40. The molecule has 0 aliphatic heterocycles. The molecule has 32 heavy (non-hydrogen) atoms. The second-order valence-electron chi connectivity index (χ2n) is 13.5. The summed E-state index contributed by atoms with van der Waals surface area (Å²) in [5, 5.41) is 0. The molecule has 0 bridgehead atoms. The molecular formula is C31H61F. The first-order valence-corrected chi connectivity index (χ1v) is 14.7. The molecule has 0 aromatic carbocycles. The van der Waals surface area contributed by atoms with E-state index < -0.39 is 5.67 Å². The molecule has 4 rings (SSSR count). The van der Waals surface area contributed by atoms with E-state index in [-0.39, 0.29) is 0 Å². The smallest absolute Gasteiger partial charge is 0.111 e. The summed E-state index contributed by atoms with van der Waals surface area (Å²) in [6, 6.07) is 0. The Morgan fingerprint density at radius 2 is 0.875 bits per heavy atom. The van der Waals surface area contributed by atoms with Gasteiger partial charge in [0.2, 0.25) is 0 Å². The lowest BCUT2D eigenvalue weighted by molar-refractivity contribution is 0.0406. The van der Waals surface area contributed by atoms with Crippen molar-refractivity contribution >= 4 is 0 Å². The second-order valence-corrected chi connectivity index (χ2v) is 13.5. The molecule has 4 fully saturated rings. The van der Waals surface area contributed by atoms with Gasteiger partial charge in [-0.05, 0) is 86.4 Å². The number of halogens is 1. The normalized spacial score (nSPS) is 22.0. The van der Waals surface area contributed by atoms with Crippen LogP contribution in [0.5, 0.6) is 0 Å². The van der Waals surface area contributed by atoms with Gasteiger partial charge in [-0.2, -0.15) is 0 Å². The van der Waals surface area contributed by atoms with Crippen molar-refractivity contribution in [3.8, 4) is 0 Å². The Labute approximate surface area is 203 Å². The van der Waals surface area contributed by atoms with Crippen LogP contribution in [0.1, 0.15) is 152 Å². The summed E-state index contributed by atoms with van der Waals surface area (Å²) in [7, 11) is 0. The van der Waals surface area contributed by atoms with Crippen molar-refractivity contribution in [2.24, 2.45) is 41.4 Å². The number of hydrogen-bond donors (Lipinski definition) is 0. The zero-order valence-corrected chi connectivity index (χ0v) is 23.5. The van der Waals surface area contributed by atoms with Crippen LogP contribution in [0.4, 0.5) is 4.39 Å². The Hall–Kier alpha value is -0.0700. The molecule has 192 valence electrons. The van der Waals surface area contributed by atoms with Crippen molar-refractivity contribution in [2.75, 3.05) is 0 Å². The predicted octanol–water partition coefficient (Wildman–Crippen LogP) is 11.0. The molecule has 1 heteroatoms. The second kappa shape index (κ2) is 15.8. The van der Waals surface area contributed by atoms with Crippen LogP contribution in [0.25, 0.3) is 0 Å². The Balaban J connectivity index is 0.000000214. The van der Waals surface area contributed by atoms with E-state index >= 15 is 0 Å². The molecule has 0 aromatic heterocycles. The number of alkyl halides is 1. The average Bonchev–Trinajstić information content (AvgIpc) is 3.37. The lowest BCUT2D eigenvalue weighted by Crippen LogP contribution is -2.32. The van der Waals surface area contributed by atoms with Gasteiger partial charge in [-0.3, -0.25) is 0 Å². The van der Waals surface area contributed by atoms with E-state index in [4.69, 9.17) is 0 Å². The Kier molecular flexibility index (Phi) is 14.8. The highest BCUT2D eigenvalue weighted by Gasteiger charge is 2.36. The highest BCUT2D eigenvalue weighted by atomic mass is 19.1. The molecule has 4 saturated carbocycles. The van der Waals surface area contributed by atoms with Gasteiger partial charge in [0.25, 0.3) is 0 Å². The molecule has 0 nitrogen and oxygen atoms in total.